The third-order valence-electron chi connectivity index (χ3n) is 6.31. The van der Waals surface area contributed by atoms with Crippen molar-refractivity contribution in [2.24, 2.45) is 0 Å². The first-order valence-corrected chi connectivity index (χ1v) is 10.7. The maximum absolute atomic E-state index is 13.0. The van der Waals surface area contributed by atoms with Crippen molar-refractivity contribution >= 4 is 17.7 Å². The average molecular weight is 420 g/mol. The van der Waals surface area contributed by atoms with Gasteiger partial charge in [0.15, 0.2) is 0 Å². The van der Waals surface area contributed by atoms with Crippen molar-refractivity contribution < 1.29 is 23.9 Å². The number of carbonyl (C=O) groups is 3. The molecule has 0 spiro atoms. The molecule has 0 bridgehead atoms. The summed E-state index contributed by atoms with van der Waals surface area (Å²) in [5.41, 5.74) is 2.76. The van der Waals surface area contributed by atoms with Gasteiger partial charge in [-0.3, -0.25) is 19.3 Å². The number of hydrogen-bond donors (Lipinski definition) is 0. The van der Waals surface area contributed by atoms with Gasteiger partial charge >= 0.3 is 0 Å². The summed E-state index contributed by atoms with van der Waals surface area (Å²) in [4.78, 5) is 41.6. The molecule has 7 heteroatoms. The van der Waals surface area contributed by atoms with E-state index in [4.69, 9.17) is 9.47 Å². The minimum Gasteiger partial charge on any atom is -0.378 e. The largest absolute Gasteiger partial charge is 0.378 e. The Bertz CT molecular complexity index is 995. The Balaban J connectivity index is 1.35. The lowest BCUT2D eigenvalue weighted by Gasteiger charge is -2.36. The molecule has 2 aromatic carbocycles. The molecule has 2 heterocycles. The van der Waals surface area contributed by atoms with Crippen molar-refractivity contribution in [3.8, 4) is 0 Å². The second-order valence-electron chi connectivity index (χ2n) is 8.04. The molecular formula is C24H24N2O5. The quantitative estimate of drug-likeness (QED) is 0.711. The summed E-state index contributed by atoms with van der Waals surface area (Å²) in [5, 5.41) is 0. The number of amides is 3. The summed E-state index contributed by atoms with van der Waals surface area (Å²) in [6.45, 7) is 2.30. The Kier molecular flexibility index (Phi) is 5.29. The molecule has 1 aliphatic carbocycles. The lowest BCUT2D eigenvalue weighted by atomic mass is 9.84. The van der Waals surface area contributed by atoms with Crippen molar-refractivity contribution in [2.45, 2.75) is 25.0 Å². The molecular weight excluding hydrogens is 396 g/mol. The van der Waals surface area contributed by atoms with Gasteiger partial charge in [-0.2, -0.15) is 0 Å². The van der Waals surface area contributed by atoms with Crippen molar-refractivity contribution in [1.82, 2.24) is 9.80 Å². The number of rotatable bonds is 4. The van der Waals surface area contributed by atoms with Crippen LogP contribution < -0.4 is 0 Å². The maximum atomic E-state index is 13.0. The normalized spacial score (nSPS) is 23.0. The second-order valence-corrected chi connectivity index (χ2v) is 8.04. The number of nitrogens with zero attached hydrogens (tertiary/aromatic N) is 2. The van der Waals surface area contributed by atoms with Crippen molar-refractivity contribution in [2.75, 3.05) is 32.9 Å². The van der Waals surface area contributed by atoms with Crippen LogP contribution in [-0.2, 0) is 14.3 Å². The van der Waals surface area contributed by atoms with Gasteiger partial charge in [0.2, 0.25) is 5.91 Å². The fraction of sp³-hybridized carbons (Fsp3) is 0.375. The summed E-state index contributed by atoms with van der Waals surface area (Å²) >= 11 is 0. The van der Waals surface area contributed by atoms with E-state index >= 15 is 0 Å². The van der Waals surface area contributed by atoms with E-state index in [-0.39, 0.29) is 36.5 Å². The van der Waals surface area contributed by atoms with Gasteiger partial charge in [0.1, 0.15) is 6.61 Å². The Labute approximate surface area is 180 Å². The van der Waals surface area contributed by atoms with Crippen LogP contribution in [0.5, 0.6) is 0 Å². The van der Waals surface area contributed by atoms with Gasteiger partial charge in [-0.15, -0.1) is 0 Å². The van der Waals surface area contributed by atoms with Crippen molar-refractivity contribution in [3.05, 3.63) is 70.8 Å². The van der Waals surface area contributed by atoms with E-state index in [2.05, 4.69) is 0 Å². The minimum atomic E-state index is -0.335. The van der Waals surface area contributed by atoms with Gasteiger partial charge in [-0.1, -0.05) is 36.4 Å². The van der Waals surface area contributed by atoms with Crippen LogP contribution >= 0.6 is 0 Å². The van der Waals surface area contributed by atoms with E-state index in [1.807, 2.05) is 24.3 Å². The summed E-state index contributed by atoms with van der Waals surface area (Å²) in [6, 6.07) is 14.4. The molecule has 2 atom stereocenters. The summed E-state index contributed by atoms with van der Waals surface area (Å²) in [5.74, 6) is -0.534. The Morgan fingerprint density at radius 3 is 2.19 bits per heavy atom. The topological polar surface area (TPSA) is 76.2 Å². The molecule has 1 fully saturated rings. The molecule has 1 saturated heterocycles. The van der Waals surface area contributed by atoms with Crippen LogP contribution in [0, 0.1) is 0 Å². The van der Waals surface area contributed by atoms with E-state index in [0.717, 1.165) is 11.1 Å². The number of fused-ring (bicyclic) bond motifs is 2. The summed E-state index contributed by atoms with van der Waals surface area (Å²) < 4.78 is 11.3. The van der Waals surface area contributed by atoms with Crippen LogP contribution in [0.15, 0.2) is 48.5 Å². The number of imide groups is 1. The van der Waals surface area contributed by atoms with Gasteiger partial charge in [-0.25, -0.2) is 0 Å². The third-order valence-corrected chi connectivity index (χ3v) is 6.31. The first-order valence-electron chi connectivity index (χ1n) is 10.7. The first kappa shape index (κ1) is 19.9. The molecule has 3 amide bonds. The minimum absolute atomic E-state index is 0.0106. The molecule has 2 aliphatic heterocycles. The lowest BCUT2D eigenvalue weighted by molar-refractivity contribution is -0.142. The van der Waals surface area contributed by atoms with Crippen molar-refractivity contribution in [3.63, 3.8) is 0 Å². The zero-order valence-electron chi connectivity index (χ0n) is 17.2. The highest BCUT2D eigenvalue weighted by Crippen LogP contribution is 2.43. The Morgan fingerprint density at radius 2 is 1.52 bits per heavy atom. The van der Waals surface area contributed by atoms with Crippen LogP contribution in [0.2, 0.25) is 0 Å². The van der Waals surface area contributed by atoms with E-state index in [9.17, 15) is 14.4 Å². The van der Waals surface area contributed by atoms with Crippen LogP contribution in [0.25, 0.3) is 0 Å². The Morgan fingerprint density at radius 1 is 0.903 bits per heavy atom. The Hall–Kier alpha value is -3.03. The maximum Gasteiger partial charge on any atom is 0.262 e. The van der Waals surface area contributed by atoms with Crippen LogP contribution in [0.1, 0.15) is 56.8 Å². The fourth-order valence-electron chi connectivity index (χ4n) is 4.74. The molecule has 7 nitrogen and oxygen atoms in total. The smallest absolute Gasteiger partial charge is 0.262 e. The molecule has 3 aliphatic rings. The lowest BCUT2D eigenvalue weighted by Crippen LogP contribution is -2.43. The highest BCUT2D eigenvalue weighted by Gasteiger charge is 2.43. The number of morpholine rings is 1. The third kappa shape index (κ3) is 3.54. The standard InChI is InChI=1S/C24H24N2O5/c27-22(25-11-13-30-14-12-25)15-31-21-10-9-20(16-5-1-2-6-17(16)21)26-23(28)18-7-3-4-8-19(18)24(26)29/h1-8,20-21H,9-15H2/t20-,21+/m0/s1. The monoisotopic (exact) mass is 420 g/mol. The molecule has 0 unspecified atom stereocenters. The van der Waals surface area contributed by atoms with Crippen LogP contribution in [0.3, 0.4) is 0 Å². The van der Waals surface area contributed by atoms with Crippen LogP contribution in [0.4, 0.5) is 0 Å². The molecule has 0 radical (unpaired) electrons. The van der Waals surface area contributed by atoms with E-state index < -0.39 is 0 Å². The fourth-order valence-corrected chi connectivity index (χ4v) is 4.74. The van der Waals surface area contributed by atoms with Gasteiger partial charge < -0.3 is 14.4 Å². The molecule has 5 rings (SSSR count). The zero-order chi connectivity index (χ0) is 21.4. The first-order chi connectivity index (χ1) is 15.1. The number of carbonyl (C=O) groups excluding carboxylic acids is 3. The highest BCUT2D eigenvalue weighted by molar-refractivity contribution is 6.21. The molecule has 160 valence electrons. The van der Waals surface area contributed by atoms with E-state index in [1.54, 1.807) is 29.2 Å². The predicted molar refractivity (Wildman–Crippen MR) is 111 cm³/mol. The van der Waals surface area contributed by atoms with Crippen LogP contribution in [-0.4, -0.2) is 60.4 Å². The van der Waals surface area contributed by atoms with Gasteiger partial charge in [0.05, 0.1) is 36.5 Å². The molecule has 0 saturated carbocycles. The molecule has 2 aromatic rings. The molecule has 0 N–H and O–H groups in total. The van der Waals surface area contributed by atoms with Gasteiger partial charge in [0, 0.05) is 13.1 Å². The van der Waals surface area contributed by atoms with Gasteiger partial charge in [-0.05, 0) is 36.1 Å². The average Bonchev–Trinajstić information content (AvgIpc) is 3.08. The molecule has 31 heavy (non-hydrogen) atoms. The van der Waals surface area contributed by atoms with E-state index in [0.29, 0.717) is 50.3 Å². The highest BCUT2D eigenvalue weighted by atomic mass is 16.5. The summed E-state index contributed by atoms with van der Waals surface area (Å²) in [7, 11) is 0. The number of ether oxygens (including phenoxy) is 2. The van der Waals surface area contributed by atoms with Crippen molar-refractivity contribution in [1.29, 1.82) is 0 Å². The number of hydrogen-bond acceptors (Lipinski definition) is 5. The number of benzene rings is 2. The zero-order valence-corrected chi connectivity index (χ0v) is 17.2. The SMILES string of the molecule is O=C(CO[C@@H]1CC[C@H](N2C(=O)c3ccccc3C2=O)c2ccccc21)N1CCOCC1. The van der Waals surface area contributed by atoms with Gasteiger partial charge in [0.25, 0.3) is 11.8 Å². The predicted octanol–water partition coefficient (Wildman–Crippen LogP) is 2.73. The second kappa shape index (κ2) is 8.24. The summed E-state index contributed by atoms with van der Waals surface area (Å²) in [6.07, 6.45) is 0.984. The van der Waals surface area contributed by atoms with E-state index in [1.165, 1.54) is 4.90 Å². The molecule has 0 aromatic heterocycles.